The monoisotopic (exact) mass is 266 g/mol. The molecule has 2 N–H and O–H groups in total. The highest BCUT2D eigenvalue weighted by atomic mass is 16.6. The fraction of sp³-hybridized carbons (Fsp3) is 0.300. The maximum Gasteiger partial charge on any atom is 0.434 e. The molecule has 9 heteroatoms. The van der Waals surface area contributed by atoms with Crippen LogP contribution in [-0.4, -0.2) is 30.3 Å². The van der Waals surface area contributed by atoms with Crippen LogP contribution >= 0.6 is 0 Å². The van der Waals surface area contributed by atoms with Crippen LogP contribution in [0.25, 0.3) is 0 Å². The van der Waals surface area contributed by atoms with Crippen molar-refractivity contribution in [2.75, 3.05) is 5.73 Å². The second-order valence-electron chi connectivity index (χ2n) is 3.73. The smallest absolute Gasteiger partial charge is 0.390 e. The molecule has 102 valence electrons. The highest BCUT2D eigenvalue weighted by Crippen LogP contribution is 2.07. The lowest BCUT2D eigenvalue weighted by Gasteiger charge is -1.93. The molecule has 0 aliphatic rings. The molecule has 0 saturated carbocycles. The number of nitrogens with zero attached hydrogens (tertiary/aromatic N) is 5. The molecule has 0 amide bonds. The fourth-order valence-electron chi connectivity index (χ4n) is 1.21. The Balaban J connectivity index is 0.000000200. The minimum atomic E-state index is -0.646. The molecule has 0 fully saturated rings. The van der Waals surface area contributed by atoms with Crippen LogP contribution in [0.15, 0.2) is 12.4 Å². The predicted molar refractivity (Wildman–Crippen MR) is 67.6 cm³/mol. The summed E-state index contributed by atoms with van der Waals surface area (Å²) in [5, 5.41) is 10.2. The standard InChI is InChI=1S/C5H5N3O3.C5H9N3/c1-7-4(3-9)2-6-5(7)8(10)11;1-4-3-7-5(6)8(4)2/h2-3H,1H3;3H,1-2H3,(H2,6,7). The summed E-state index contributed by atoms with van der Waals surface area (Å²) < 4.78 is 2.95. The van der Waals surface area contributed by atoms with E-state index in [2.05, 4.69) is 9.97 Å². The zero-order valence-corrected chi connectivity index (χ0v) is 10.8. The Morgan fingerprint density at radius 2 is 1.95 bits per heavy atom. The lowest BCUT2D eigenvalue weighted by atomic mass is 10.5. The van der Waals surface area contributed by atoms with Crippen molar-refractivity contribution in [3.63, 3.8) is 0 Å². The molecule has 0 aromatic carbocycles. The van der Waals surface area contributed by atoms with Crippen molar-refractivity contribution in [2.45, 2.75) is 6.92 Å². The van der Waals surface area contributed by atoms with Gasteiger partial charge < -0.3 is 20.4 Å². The van der Waals surface area contributed by atoms with Crippen molar-refractivity contribution >= 4 is 18.2 Å². The molecule has 0 aliphatic heterocycles. The van der Waals surface area contributed by atoms with Gasteiger partial charge in [0.25, 0.3) is 0 Å². The number of nitrogen functional groups attached to an aromatic ring is 1. The van der Waals surface area contributed by atoms with E-state index in [0.29, 0.717) is 12.2 Å². The Bertz CT molecular complexity index is 581. The molecular weight excluding hydrogens is 252 g/mol. The summed E-state index contributed by atoms with van der Waals surface area (Å²) >= 11 is 0. The topological polar surface area (TPSA) is 122 Å². The van der Waals surface area contributed by atoms with E-state index in [1.165, 1.54) is 7.05 Å². The number of hydrogen-bond acceptors (Lipinski definition) is 6. The molecule has 0 aliphatic carbocycles. The van der Waals surface area contributed by atoms with Crippen molar-refractivity contribution in [3.05, 3.63) is 33.9 Å². The average molecular weight is 266 g/mol. The largest absolute Gasteiger partial charge is 0.434 e. The molecule has 0 bridgehead atoms. The van der Waals surface area contributed by atoms with Gasteiger partial charge in [-0.15, -0.1) is 0 Å². The van der Waals surface area contributed by atoms with Crippen molar-refractivity contribution in [3.8, 4) is 0 Å². The first-order valence-electron chi connectivity index (χ1n) is 5.23. The van der Waals surface area contributed by atoms with Gasteiger partial charge in [0.2, 0.25) is 0 Å². The van der Waals surface area contributed by atoms with Gasteiger partial charge in [-0.25, -0.2) is 9.55 Å². The van der Waals surface area contributed by atoms with E-state index >= 15 is 0 Å². The highest BCUT2D eigenvalue weighted by Gasteiger charge is 2.15. The van der Waals surface area contributed by atoms with Gasteiger partial charge in [-0.2, -0.15) is 0 Å². The van der Waals surface area contributed by atoms with Gasteiger partial charge in [-0.1, -0.05) is 4.98 Å². The second kappa shape index (κ2) is 5.76. The third-order valence-corrected chi connectivity index (χ3v) is 2.54. The molecule has 0 atom stereocenters. The lowest BCUT2D eigenvalue weighted by Crippen LogP contribution is -2.00. The first-order valence-corrected chi connectivity index (χ1v) is 5.23. The van der Waals surface area contributed by atoms with Gasteiger partial charge in [-0.05, 0) is 11.8 Å². The third-order valence-electron chi connectivity index (χ3n) is 2.54. The Labute approximate surface area is 108 Å². The Morgan fingerprint density at radius 1 is 1.32 bits per heavy atom. The number of anilines is 1. The van der Waals surface area contributed by atoms with Crippen LogP contribution in [0.4, 0.5) is 11.9 Å². The Kier molecular flexibility index (Phi) is 4.35. The van der Waals surface area contributed by atoms with E-state index in [1.54, 1.807) is 6.20 Å². The molecule has 9 nitrogen and oxygen atoms in total. The number of aromatic nitrogens is 4. The number of nitrogens with two attached hydrogens (primary N) is 1. The van der Waals surface area contributed by atoms with Crippen LogP contribution in [0.2, 0.25) is 0 Å². The Morgan fingerprint density at radius 3 is 2.16 bits per heavy atom. The van der Waals surface area contributed by atoms with Crippen molar-refractivity contribution in [2.24, 2.45) is 14.1 Å². The third kappa shape index (κ3) is 3.15. The number of carbonyl (C=O) groups excluding carboxylic acids is 1. The summed E-state index contributed by atoms with van der Waals surface area (Å²) in [6.07, 6.45) is 3.42. The highest BCUT2D eigenvalue weighted by molar-refractivity contribution is 5.72. The van der Waals surface area contributed by atoms with E-state index in [4.69, 9.17) is 5.73 Å². The summed E-state index contributed by atoms with van der Waals surface area (Å²) in [5.74, 6) is 0.245. The normalized spacial score (nSPS) is 9.63. The van der Waals surface area contributed by atoms with E-state index in [9.17, 15) is 14.9 Å². The minimum Gasteiger partial charge on any atom is -0.390 e. The number of hydrogen-bond donors (Lipinski definition) is 1. The summed E-state index contributed by atoms with van der Waals surface area (Å²) in [5.41, 5.74) is 6.67. The Hall–Kier alpha value is -2.71. The maximum absolute atomic E-state index is 10.2. The predicted octanol–water partition coefficient (Wildman–Crippen LogP) is 0.452. The SMILES string of the molecule is Cc1cnc(N)n1C.Cn1c(C=O)cnc1[N+](=O)[O-]. The van der Waals surface area contributed by atoms with Gasteiger partial charge in [-0.3, -0.25) is 4.79 Å². The van der Waals surface area contributed by atoms with Crippen molar-refractivity contribution in [1.29, 1.82) is 0 Å². The number of aryl methyl sites for hydroxylation is 1. The number of nitro groups is 1. The van der Waals surface area contributed by atoms with Crippen LogP contribution < -0.4 is 5.73 Å². The first-order chi connectivity index (χ1) is 8.88. The van der Waals surface area contributed by atoms with Crippen molar-refractivity contribution < 1.29 is 9.72 Å². The summed E-state index contributed by atoms with van der Waals surface area (Å²) in [6.45, 7) is 1.96. The molecule has 0 spiro atoms. The molecule has 0 radical (unpaired) electrons. The quantitative estimate of drug-likeness (QED) is 0.478. The molecule has 19 heavy (non-hydrogen) atoms. The van der Waals surface area contributed by atoms with Gasteiger partial charge in [0.15, 0.2) is 17.9 Å². The molecule has 0 unspecified atom stereocenters. The number of imidazole rings is 2. The molecule has 2 rings (SSSR count). The van der Waals surface area contributed by atoms with E-state index < -0.39 is 4.92 Å². The minimum absolute atomic E-state index is 0.191. The summed E-state index contributed by atoms with van der Waals surface area (Å²) in [7, 11) is 3.30. The summed E-state index contributed by atoms with van der Waals surface area (Å²) in [6, 6.07) is 0. The summed E-state index contributed by atoms with van der Waals surface area (Å²) in [4.78, 5) is 27.0. The molecule has 2 heterocycles. The molecular formula is C10H14N6O3. The van der Waals surface area contributed by atoms with Crippen LogP contribution in [0.1, 0.15) is 16.2 Å². The zero-order valence-electron chi connectivity index (χ0n) is 10.8. The van der Waals surface area contributed by atoms with E-state index in [0.717, 1.165) is 16.5 Å². The molecule has 2 aromatic heterocycles. The molecule has 2 aromatic rings. The van der Waals surface area contributed by atoms with Gasteiger partial charge in [0.05, 0.1) is 13.2 Å². The van der Waals surface area contributed by atoms with Crippen LogP contribution in [0, 0.1) is 17.0 Å². The first kappa shape index (κ1) is 14.4. The van der Waals surface area contributed by atoms with Gasteiger partial charge in [0, 0.05) is 12.7 Å². The van der Waals surface area contributed by atoms with Crippen LogP contribution in [0.3, 0.4) is 0 Å². The number of rotatable bonds is 2. The average Bonchev–Trinajstić information content (AvgIpc) is 2.88. The van der Waals surface area contributed by atoms with Crippen LogP contribution in [0.5, 0.6) is 0 Å². The van der Waals surface area contributed by atoms with Gasteiger partial charge >= 0.3 is 5.95 Å². The second-order valence-corrected chi connectivity index (χ2v) is 3.73. The number of carbonyl (C=O) groups is 1. The zero-order chi connectivity index (χ0) is 14.6. The maximum atomic E-state index is 10.2. The lowest BCUT2D eigenvalue weighted by molar-refractivity contribution is -0.396. The van der Waals surface area contributed by atoms with Gasteiger partial charge in [0.1, 0.15) is 6.20 Å². The number of aldehydes is 1. The molecule has 0 saturated heterocycles. The van der Waals surface area contributed by atoms with Crippen LogP contribution in [-0.2, 0) is 14.1 Å². The van der Waals surface area contributed by atoms with Crippen molar-refractivity contribution in [1.82, 2.24) is 19.1 Å². The van der Waals surface area contributed by atoms with E-state index in [-0.39, 0.29) is 11.6 Å². The fourth-order valence-corrected chi connectivity index (χ4v) is 1.21. The van der Waals surface area contributed by atoms with E-state index in [1.807, 2.05) is 18.5 Å².